The molecular formula is C20H32N6OS. The molecule has 28 heavy (non-hydrogen) atoms. The SMILES string of the molecule is CN=C(NCCC(=O)N1CCN(c2ccccn2)CC1)NCC1(C)CCCS1. The number of hydrogen-bond acceptors (Lipinski definition) is 5. The molecule has 3 heterocycles. The molecule has 2 fully saturated rings. The highest BCUT2D eigenvalue weighted by Crippen LogP contribution is 2.36. The zero-order valence-corrected chi connectivity index (χ0v) is 17.8. The molecule has 7 nitrogen and oxygen atoms in total. The number of hydrogen-bond donors (Lipinski definition) is 2. The number of guanidine groups is 1. The number of aromatic nitrogens is 1. The molecule has 0 saturated carbocycles. The van der Waals surface area contributed by atoms with Gasteiger partial charge in [0.1, 0.15) is 5.82 Å². The lowest BCUT2D eigenvalue weighted by Crippen LogP contribution is -2.50. The van der Waals surface area contributed by atoms with E-state index in [-0.39, 0.29) is 5.91 Å². The van der Waals surface area contributed by atoms with E-state index in [1.807, 2.05) is 41.1 Å². The lowest BCUT2D eigenvalue weighted by Gasteiger charge is -2.35. The molecule has 1 amide bonds. The van der Waals surface area contributed by atoms with Crippen molar-refractivity contribution in [2.75, 3.05) is 57.0 Å². The lowest BCUT2D eigenvalue weighted by molar-refractivity contribution is -0.131. The highest BCUT2D eigenvalue weighted by molar-refractivity contribution is 8.00. The van der Waals surface area contributed by atoms with Crippen molar-refractivity contribution in [3.8, 4) is 0 Å². The van der Waals surface area contributed by atoms with E-state index in [4.69, 9.17) is 0 Å². The van der Waals surface area contributed by atoms with Gasteiger partial charge in [0.15, 0.2) is 5.96 Å². The lowest BCUT2D eigenvalue weighted by atomic mass is 10.1. The summed E-state index contributed by atoms with van der Waals surface area (Å²) < 4.78 is 0.292. The van der Waals surface area contributed by atoms with Gasteiger partial charge in [0.05, 0.1) is 0 Å². The molecule has 1 unspecified atom stereocenters. The van der Waals surface area contributed by atoms with Crippen LogP contribution in [0.15, 0.2) is 29.4 Å². The maximum atomic E-state index is 12.5. The van der Waals surface area contributed by atoms with Crippen LogP contribution < -0.4 is 15.5 Å². The van der Waals surface area contributed by atoms with E-state index in [9.17, 15) is 4.79 Å². The van der Waals surface area contributed by atoms with Crippen molar-refractivity contribution in [2.24, 2.45) is 4.99 Å². The predicted molar refractivity (Wildman–Crippen MR) is 117 cm³/mol. The third-order valence-corrected chi connectivity index (χ3v) is 6.93. The fourth-order valence-corrected chi connectivity index (χ4v) is 4.88. The van der Waals surface area contributed by atoms with Gasteiger partial charge in [0, 0.05) is 63.7 Å². The van der Waals surface area contributed by atoms with Crippen molar-refractivity contribution in [1.29, 1.82) is 0 Å². The number of piperazine rings is 1. The molecule has 0 aromatic carbocycles. The summed E-state index contributed by atoms with van der Waals surface area (Å²) in [5.41, 5.74) is 0. The molecule has 0 radical (unpaired) electrons. The minimum absolute atomic E-state index is 0.196. The molecule has 0 aliphatic carbocycles. The first-order valence-electron chi connectivity index (χ1n) is 10.1. The maximum Gasteiger partial charge on any atom is 0.224 e. The average Bonchev–Trinajstić information content (AvgIpc) is 3.18. The van der Waals surface area contributed by atoms with Crippen LogP contribution in [-0.2, 0) is 4.79 Å². The van der Waals surface area contributed by atoms with E-state index in [0.717, 1.165) is 44.5 Å². The van der Waals surface area contributed by atoms with Crippen molar-refractivity contribution >= 4 is 29.4 Å². The quantitative estimate of drug-likeness (QED) is 0.554. The van der Waals surface area contributed by atoms with Gasteiger partial charge in [-0.25, -0.2) is 4.98 Å². The van der Waals surface area contributed by atoms with Crippen LogP contribution in [-0.4, -0.2) is 78.6 Å². The van der Waals surface area contributed by atoms with Crippen LogP contribution in [0, 0.1) is 0 Å². The monoisotopic (exact) mass is 404 g/mol. The smallest absolute Gasteiger partial charge is 0.224 e. The zero-order valence-electron chi connectivity index (χ0n) is 17.0. The summed E-state index contributed by atoms with van der Waals surface area (Å²) in [6.07, 6.45) is 4.82. The third kappa shape index (κ3) is 5.77. The molecule has 1 aromatic rings. The first kappa shape index (κ1) is 20.8. The zero-order chi connectivity index (χ0) is 19.8. The van der Waals surface area contributed by atoms with E-state index in [1.165, 1.54) is 18.6 Å². The summed E-state index contributed by atoms with van der Waals surface area (Å²) in [6, 6.07) is 5.94. The minimum atomic E-state index is 0.196. The number of thioether (sulfide) groups is 1. The number of aliphatic imine (C=N–C) groups is 1. The summed E-state index contributed by atoms with van der Waals surface area (Å²) in [7, 11) is 1.78. The summed E-state index contributed by atoms with van der Waals surface area (Å²) in [5.74, 6) is 3.20. The Morgan fingerprint density at radius 2 is 2.11 bits per heavy atom. The molecule has 0 spiro atoms. The Morgan fingerprint density at radius 3 is 2.75 bits per heavy atom. The molecule has 2 saturated heterocycles. The Hall–Kier alpha value is -1.96. The Morgan fingerprint density at radius 1 is 1.29 bits per heavy atom. The average molecular weight is 405 g/mol. The topological polar surface area (TPSA) is 72.9 Å². The van der Waals surface area contributed by atoms with Gasteiger partial charge in [-0.3, -0.25) is 9.79 Å². The summed E-state index contributed by atoms with van der Waals surface area (Å²) >= 11 is 2.03. The van der Waals surface area contributed by atoms with Crippen LogP contribution in [0.25, 0.3) is 0 Å². The second-order valence-electron chi connectivity index (χ2n) is 7.56. The molecular weight excluding hydrogens is 372 g/mol. The highest BCUT2D eigenvalue weighted by Gasteiger charge is 2.29. The Labute approximate surface area is 172 Å². The van der Waals surface area contributed by atoms with Crippen LogP contribution in [0.3, 0.4) is 0 Å². The largest absolute Gasteiger partial charge is 0.356 e. The number of pyridine rings is 1. The first-order valence-corrected chi connectivity index (χ1v) is 11.1. The summed E-state index contributed by atoms with van der Waals surface area (Å²) in [6.45, 7) is 6.96. The Bertz CT molecular complexity index is 654. The predicted octanol–water partition coefficient (Wildman–Crippen LogP) is 1.57. The van der Waals surface area contributed by atoms with Gasteiger partial charge in [-0.2, -0.15) is 11.8 Å². The molecule has 8 heteroatoms. The number of nitrogens with one attached hydrogen (secondary N) is 2. The van der Waals surface area contributed by atoms with Crippen molar-refractivity contribution in [3.63, 3.8) is 0 Å². The molecule has 0 bridgehead atoms. The third-order valence-electron chi connectivity index (χ3n) is 5.39. The minimum Gasteiger partial charge on any atom is -0.356 e. The molecule has 1 aromatic heterocycles. The summed E-state index contributed by atoms with van der Waals surface area (Å²) in [5, 5.41) is 6.69. The van der Waals surface area contributed by atoms with Crippen molar-refractivity contribution < 1.29 is 4.79 Å². The molecule has 3 rings (SSSR count). The van der Waals surface area contributed by atoms with Gasteiger partial charge in [0.25, 0.3) is 0 Å². The van der Waals surface area contributed by atoms with Crippen molar-refractivity contribution in [2.45, 2.75) is 30.9 Å². The second kappa shape index (κ2) is 10.0. The number of carbonyl (C=O) groups is 1. The Kier molecular flexibility index (Phi) is 7.42. The van der Waals surface area contributed by atoms with Crippen LogP contribution in [0.1, 0.15) is 26.2 Å². The van der Waals surface area contributed by atoms with E-state index >= 15 is 0 Å². The summed E-state index contributed by atoms with van der Waals surface area (Å²) in [4.78, 5) is 25.4. The van der Waals surface area contributed by atoms with Gasteiger partial charge >= 0.3 is 0 Å². The molecule has 2 aliphatic heterocycles. The van der Waals surface area contributed by atoms with E-state index in [1.54, 1.807) is 7.05 Å². The van der Waals surface area contributed by atoms with Gasteiger partial charge in [-0.05, 0) is 37.7 Å². The molecule has 1 atom stereocenters. The van der Waals surface area contributed by atoms with Crippen molar-refractivity contribution in [3.05, 3.63) is 24.4 Å². The van der Waals surface area contributed by atoms with Gasteiger partial charge in [-0.1, -0.05) is 6.07 Å². The highest BCUT2D eigenvalue weighted by atomic mass is 32.2. The molecule has 154 valence electrons. The number of rotatable bonds is 6. The van der Waals surface area contributed by atoms with Crippen LogP contribution in [0.4, 0.5) is 5.82 Å². The normalized spacial score (nSPS) is 23.0. The number of amides is 1. The van der Waals surface area contributed by atoms with Gasteiger partial charge < -0.3 is 20.4 Å². The number of carbonyl (C=O) groups excluding carboxylic acids is 1. The van der Waals surface area contributed by atoms with Gasteiger partial charge in [-0.15, -0.1) is 0 Å². The van der Waals surface area contributed by atoms with E-state index < -0.39 is 0 Å². The van der Waals surface area contributed by atoms with Crippen LogP contribution >= 0.6 is 11.8 Å². The second-order valence-corrected chi connectivity index (χ2v) is 9.24. The fraction of sp³-hybridized carbons (Fsp3) is 0.650. The first-order chi connectivity index (χ1) is 13.6. The van der Waals surface area contributed by atoms with Gasteiger partial charge in [0.2, 0.25) is 5.91 Å². The van der Waals surface area contributed by atoms with E-state index in [0.29, 0.717) is 17.7 Å². The van der Waals surface area contributed by atoms with Crippen LogP contribution in [0.5, 0.6) is 0 Å². The molecule has 2 N–H and O–H groups in total. The fourth-order valence-electron chi connectivity index (χ4n) is 3.64. The molecule has 2 aliphatic rings. The standard InChI is InChI=1S/C20H32N6OS/c1-20(8-5-15-28-20)16-24-19(21-2)23-10-7-18(27)26-13-11-25(12-14-26)17-6-3-4-9-22-17/h3-4,6,9H,5,7-8,10-16H2,1-2H3,(H2,21,23,24). The Balaban J connectivity index is 1.35. The van der Waals surface area contributed by atoms with E-state index in [2.05, 4.69) is 32.4 Å². The number of anilines is 1. The van der Waals surface area contributed by atoms with Crippen LogP contribution in [0.2, 0.25) is 0 Å². The maximum absolute atomic E-state index is 12.5. The number of nitrogens with zero attached hydrogens (tertiary/aromatic N) is 4. The van der Waals surface area contributed by atoms with Crippen molar-refractivity contribution in [1.82, 2.24) is 20.5 Å².